The Hall–Kier alpha value is -2.44. The van der Waals surface area contributed by atoms with Gasteiger partial charge in [-0.1, -0.05) is 5.21 Å². The first-order chi connectivity index (χ1) is 8.49. The molecule has 0 spiro atoms. The van der Waals surface area contributed by atoms with Crippen LogP contribution in [-0.4, -0.2) is 50.5 Å². The number of rotatable bonds is 3. The van der Waals surface area contributed by atoms with Gasteiger partial charge in [-0.05, 0) is 18.2 Å². The van der Waals surface area contributed by atoms with Crippen LogP contribution in [0.15, 0.2) is 18.2 Å². The smallest absolute Gasteiger partial charge is 0.323 e. The van der Waals surface area contributed by atoms with Crippen molar-refractivity contribution >= 4 is 22.9 Å². The van der Waals surface area contributed by atoms with E-state index in [1.807, 2.05) is 0 Å². The van der Waals surface area contributed by atoms with Gasteiger partial charge in [-0.15, -0.1) is 5.10 Å². The van der Waals surface area contributed by atoms with Crippen LogP contribution in [0, 0.1) is 0 Å². The van der Waals surface area contributed by atoms with Crippen LogP contribution in [-0.2, 0) is 11.8 Å². The third-order valence-electron chi connectivity index (χ3n) is 2.58. The molecule has 1 N–H and O–H groups in total. The summed E-state index contributed by atoms with van der Waals surface area (Å²) in [6.07, 6.45) is 0. The molecule has 7 nitrogen and oxygen atoms in total. The van der Waals surface area contributed by atoms with Crippen molar-refractivity contribution in [1.82, 2.24) is 19.9 Å². The van der Waals surface area contributed by atoms with Gasteiger partial charge in [0.25, 0.3) is 5.91 Å². The molecule has 0 bridgehead atoms. The molecule has 0 atom stereocenters. The topological polar surface area (TPSA) is 88.3 Å². The van der Waals surface area contributed by atoms with Crippen molar-refractivity contribution in [3.05, 3.63) is 23.8 Å². The van der Waals surface area contributed by atoms with Gasteiger partial charge in [0.15, 0.2) is 0 Å². The second-order valence-electron chi connectivity index (χ2n) is 3.97. The Morgan fingerprint density at radius 3 is 2.83 bits per heavy atom. The predicted molar refractivity (Wildman–Crippen MR) is 63.1 cm³/mol. The minimum atomic E-state index is -1.05. The van der Waals surface area contributed by atoms with Gasteiger partial charge in [-0.2, -0.15) is 0 Å². The van der Waals surface area contributed by atoms with Crippen molar-refractivity contribution < 1.29 is 14.7 Å². The largest absolute Gasteiger partial charge is 0.480 e. The van der Waals surface area contributed by atoms with E-state index in [4.69, 9.17) is 5.11 Å². The molecule has 0 radical (unpaired) electrons. The number of nitrogens with zero attached hydrogens (tertiary/aromatic N) is 4. The van der Waals surface area contributed by atoms with Crippen molar-refractivity contribution in [2.45, 2.75) is 0 Å². The summed E-state index contributed by atoms with van der Waals surface area (Å²) in [5.41, 5.74) is 1.81. The predicted octanol–water partition coefficient (Wildman–Crippen LogP) is 0.125. The number of fused-ring (bicyclic) bond motifs is 1. The van der Waals surface area contributed by atoms with Crippen LogP contribution in [0.5, 0.6) is 0 Å². The van der Waals surface area contributed by atoms with Gasteiger partial charge < -0.3 is 10.0 Å². The second-order valence-corrected chi connectivity index (χ2v) is 3.97. The maximum absolute atomic E-state index is 11.9. The summed E-state index contributed by atoms with van der Waals surface area (Å²) < 4.78 is 1.60. The molecule has 0 aliphatic heterocycles. The summed E-state index contributed by atoms with van der Waals surface area (Å²) in [7, 11) is 3.20. The van der Waals surface area contributed by atoms with Crippen LogP contribution in [0.4, 0.5) is 0 Å². The number of carboxylic acid groups (broad SMARTS) is 1. The molecule has 0 aliphatic rings. The SMILES string of the molecule is CN(CC(=O)O)C(=O)c1ccc2c(c1)nnn2C. The molecule has 0 unspecified atom stereocenters. The Labute approximate surface area is 103 Å². The lowest BCUT2D eigenvalue weighted by Crippen LogP contribution is -2.31. The highest BCUT2D eigenvalue weighted by molar-refractivity contribution is 5.98. The summed E-state index contributed by atoms with van der Waals surface area (Å²) in [4.78, 5) is 23.6. The third-order valence-corrected chi connectivity index (χ3v) is 2.58. The Morgan fingerprint density at radius 2 is 2.17 bits per heavy atom. The number of aryl methyl sites for hydroxylation is 1. The number of aliphatic carboxylic acids is 1. The Bertz CT molecular complexity index is 620. The summed E-state index contributed by atoms with van der Waals surface area (Å²) in [6, 6.07) is 4.96. The Kier molecular flexibility index (Phi) is 2.97. The van der Waals surface area contributed by atoms with Crippen LogP contribution in [0.1, 0.15) is 10.4 Å². The van der Waals surface area contributed by atoms with E-state index < -0.39 is 5.97 Å². The summed E-state index contributed by atoms with van der Waals surface area (Å²) >= 11 is 0. The van der Waals surface area contributed by atoms with E-state index in [0.717, 1.165) is 10.4 Å². The van der Waals surface area contributed by atoms with Crippen molar-refractivity contribution in [3.8, 4) is 0 Å². The monoisotopic (exact) mass is 248 g/mol. The molecule has 1 aromatic heterocycles. The highest BCUT2D eigenvalue weighted by Gasteiger charge is 2.15. The summed E-state index contributed by atoms with van der Waals surface area (Å²) in [5.74, 6) is -1.41. The molecule has 0 saturated heterocycles. The van der Waals surface area contributed by atoms with Gasteiger partial charge in [0, 0.05) is 19.7 Å². The van der Waals surface area contributed by atoms with Crippen LogP contribution >= 0.6 is 0 Å². The van der Waals surface area contributed by atoms with E-state index in [0.29, 0.717) is 11.1 Å². The average Bonchev–Trinajstić information content (AvgIpc) is 2.69. The van der Waals surface area contributed by atoms with E-state index in [1.54, 1.807) is 29.9 Å². The second kappa shape index (κ2) is 4.44. The molecular formula is C11H12N4O3. The lowest BCUT2D eigenvalue weighted by Gasteiger charge is -2.14. The standard InChI is InChI=1S/C11H12N4O3/c1-14(6-10(16)17)11(18)7-3-4-9-8(5-7)12-13-15(9)2/h3-5H,6H2,1-2H3,(H,16,17). The molecule has 1 amide bonds. The zero-order valence-electron chi connectivity index (χ0n) is 9.99. The molecule has 0 fully saturated rings. The maximum Gasteiger partial charge on any atom is 0.323 e. The van der Waals surface area contributed by atoms with Gasteiger partial charge in [0.2, 0.25) is 0 Å². The Morgan fingerprint density at radius 1 is 1.44 bits per heavy atom. The fourth-order valence-corrected chi connectivity index (χ4v) is 1.67. The van der Waals surface area contributed by atoms with Gasteiger partial charge in [-0.25, -0.2) is 4.68 Å². The van der Waals surface area contributed by atoms with Crippen molar-refractivity contribution in [1.29, 1.82) is 0 Å². The molecule has 94 valence electrons. The number of hydrogen-bond acceptors (Lipinski definition) is 4. The summed E-state index contributed by atoms with van der Waals surface area (Å²) in [5, 5.41) is 16.4. The van der Waals surface area contributed by atoms with Crippen molar-refractivity contribution in [3.63, 3.8) is 0 Å². The molecule has 1 heterocycles. The van der Waals surface area contributed by atoms with Gasteiger partial charge in [-0.3, -0.25) is 9.59 Å². The zero-order valence-corrected chi connectivity index (χ0v) is 9.99. The minimum absolute atomic E-state index is 0.336. The molecule has 2 rings (SSSR count). The number of carbonyl (C=O) groups is 2. The summed E-state index contributed by atoms with van der Waals surface area (Å²) in [6.45, 7) is -0.336. The number of likely N-dealkylation sites (N-methyl/N-ethyl adjacent to an activating group) is 1. The quantitative estimate of drug-likeness (QED) is 0.833. The van der Waals surface area contributed by atoms with Gasteiger partial charge in [0.1, 0.15) is 12.1 Å². The van der Waals surface area contributed by atoms with Crippen LogP contribution < -0.4 is 0 Å². The molecule has 1 aromatic carbocycles. The van der Waals surface area contributed by atoms with E-state index in [1.165, 1.54) is 7.05 Å². The molecule has 0 saturated carbocycles. The number of carbonyl (C=O) groups excluding carboxylic acids is 1. The van der Waals surface area contributed by atoms with Crippen LogP contribution in [0.3, 0.4) is 0 Å². The fraction of sp³-hybridized carbons (Fsp3) is 0.273. The van der Waals surface area contributed by atoms with Crippen LogP contribution in [0.2, 0.25) is 0 Å². The fourth-order valence-electron chi connectivity index (χ4n) is 1.67. The molecule has 18 heavy (non-hydrogen) atoms. The molecule has 7 heteroatoms. The third kappa shape index (κ3) is 2.15. The molecule has 2 aromatic rings. The average molecular weight is 248 g/mol. The molecule has 0 aliphatic carbocycles. The molecular weight excluding hydrogens is 236 g/mol. The van der Waals surface area contributed by atoms with Gasteiger partial charge >= 0.3 is 5.97 Å². The van der Waals surface area contributed by atoms with Crippen LogP contribution in [0.25, 0.3) is 11.0 Å². The highest BCUT2D eigenvalue weighted by Crippen LogP contribution is 2.13. The first-order valence-electron chi connectivity index (χ1n) is 5.25. The number of amides is 1. The minimum Gasteiger partial charge on any atom is -0.480 e. The first kappa shape index (κ1) is 12.0. The number of carboxylic acids is 1. The lowest BCUT2D eigenvalue weighted by molar-refractivity contribution is -0.137. The van der Waals surface area contributed by atoms with E-state index in [-0.39, 0.29) is 12.5 Å². The maximum atomic E-state index is 11.9. The number of hydrogen-bond donors (Lipinski definition) is 1. The lowest BCUT2D eigenvalue weighted by atomic mass is 10.2. The van der Waals surface area contributed by atoms with Gasteiger partial charge in [0.05, 0.1) is 5.52 Å². The van der Waals surface area contributed by atoms with Crippen molar-refractivity contribution in [2.24, 2.45) is 7.05 Å². The first-order valence-corrected chi connectivity index (χ1v) is 5.25. The highest BCUT2D eigenvalue weighted by atomic mass is 16.4. The van der Waals surface area contributed by atoms with E-state index in [2.05, 4.69) is 10.3 Å². The number of benzene rings is 1. The van der Waals surface area contributed by atoms with E-state index >= 15 is 0 Å². The van der Waals surface area contributed by atoms with Crippen molar-refractivity contribution in [2.75, 3.05) is 13.6 Å². The Balaban J connectivity index is 2.30. The normalized spacial score (nSPS) is 10.6. The van der Waals surface area contributed by atoms with E-state index in [9.17, 15) is 9.59 Å². The number of aromatic nitrogens is 3. The zero-order chi connectivity index (χ0) is 13.3.